The third kappa shape index (κ3) is 6.55. The second-order valence-corrected chi connectivity index (χ2v) is 10.9. The van der Waals surface area contributed by atoms with Gasteiger partial charge in [0, 0.05) is 22.9 Å². The number of benzene rings is 2. The molecular weight excluding hydrogens is 556 g/mol. The lowest BCUT2D eigenvalue weighted by atomic mass is 10.1. The summed E-state index contributed by atoms with van der Waals surface area (Å²) in [7, 11) is 3.08. The van der Waals surface area contributed by atoms with Crippen molar-refractivity contribution in [3.05, 3.63) is 60.1 Å². The highest BCUT2D eigenvalue weighted by Crippen LogP contribution is 2.38. The first-order valence-electron chi connectivity index (χ1n) is 13.7. The van der Waals surface area contributed by atoms with Crippen LogP contribution >= 0.6 is 0 Å². The van der Waals surface area contributed by atoms with Crippen LogP contribution in [0, 0.1) is 6.92 Å². The smallest absolute Gasteiger partial charge is 0.251 e. The summed E-state index contributed by atoms with van der Waals surface area (Å²) >= 11 is 0. The molecule has 2 aromatic carbocycles. The van der Waals surface area contributed by atoms with Gasteiger partial charge in [-0.3, -0.25) is 14.5 Å². The molecule has 4 aromatic rings. The van der Waals surface area contributed by atoms with E-state index in [0.717, 1.165) is 0 Å². The molecular formula is C30H34N6O7. The number of tetrazole rings is 1. The van der Waals surface area contributed by atoms with Crippen molar-refractivity contribution >= 4 is 17.5 Å². The third-order valence-corrected chi connectivity index (χ3v) is 6.48. The monoisotopic (exact) mass is 590 g/mol. The molecule has 1 aliphatic rings. The fourth-order valence-electron chi connectivity index (χ4n) is 4.63. The van der Waals surface area contributed by atoms with E-state index in [0.29, 0.717) is 59.0 Å². The lowest BCUT2D eigenvalue weighted by Crippen LogP contribution is -2.50. The highest BCUT2D eigenvalue weighted by Gasteiger charge is 2.37. The topological polar surface area (TPSA) is 143 Å². The molecule has 1 atom stereocenters. The number of fused-ring (bicyclic) bond motifs is 1. The van der Waals surface area contributed by atoms with Crippen LogP contribution in [0.25, 0.3) is 11.4 Å². The van der Waals surface area contributed by atoms with Crippen molar-refractivity contribution in [1.29, 1.82) is 0 Å². The van der Waals surface area contributed by atoms with Gasteiger partial charge in [-0.15, -0.1) is 10.2 Å². The minimum absolute atomic E-state index is 0.281. The number of carbonyl (C=O) groups is 2. The fraction of sp³-hybridized carbons (Fsp3) is 0.367. The van der Waals surface area contributed by atoms with Crippen LogP contribution in [-0.2, 0) is 16.1 Å². The first-order valence-corrected chi connectivity index (χ1v) is 13.7. The number of rotatable bonds is 9. The maximum absolute atomic E-state index is 14.2. The first-order chi connectivity index (χ1) is 20.6. The number of hydrogen-bond acceptors (Lipinski definition) is 10. The van der Waals surface area contributed by atoms with E-state index in [1.165, 1.54) is 16.8 Å². The second kappa shape index (κ2) is 12.0. The number of nitrogens with zero attached hydrogens (tertiary/aromatic N) is 5. The number of anilines is 1. The van der Waals surface area contributed by atoms with Crippen molar-refractivity contribution in [3.63, 3.8) is 0 Å². The quantitative estimate of drug-likeness (QED) is 0.306. The SMILES string of the molecule is COc1ccc(-c2nnn(CC(=O)N(c3ccc4c(c3)OCCO4)[C@H](C(=O)NC(C)(C)C)c3ccc(C)o3)n2)cc1OC. The molecule has 226 valence electrons. The van der Waals surface area contributed by atoms with Crippen LogP contribution in [0.3, 0.4) is 0 Å². The molecule has 1 aliphatic heterocycles. The zero-order chi connectivity index (χ0) is 30.7. The van der Waals surface area contributed by atoms with Gasteiger partial charge in [0.1, 0.15) is 31.3 Å². The molecule has 0 radical (unpaired) electrons. The van der Waals surface area contributed by atoms with Gasteiger partial charge in [0.2, 0.25) is 5.82 Å². The van der Waals surface area contributed by atoms with Crippen LogP contribution < -0.4 is 29.2 Å². The van der Waals surface area contributed by atoms with Gasteiger partial charge in [-0.05, 0) is 75.4 Å². The van der Waals surface area contributed by atoms with Crippen molar-refractivity contribution in [3.8, 4) is 34.4 Å². The first kappa shape index (κ1) is 29.4. The van der Waals surface area contributed by atoms with Crippen molar-refractivity contribution in [2.24, 2.45) is 0 Å². The van der Waals surface area contributed by atoms with Crippen LogP contribution in [0.1, 0.15) is 38.3 Å². The van der Waals surface area contributed by atoms with Crippen LogP contribution in [0.5, 0.6) is 23.0 Å². The molecule has 0 fully saturated rings. The highest BCUT2D eigenvalue weighted by atomic mass is 16.6. The molecule has 2 amide bonds. The average molecular weight is 591 g/mol. The minimum atomic E-state index is -1.16. The molecule has 0 spiro atoms. The van der Waals surface area contributed by atoms with E-state index >= 15 is 0 Å². The Balaban J connectivity index is 1.53. The lowest BCUT2D eigenvalue weighted by molar-refractivity contribution is -0.128. The van der Waals surface area contributed by atoms with E-state index < -0.39 is 23.4 Å². The Bertz CT molecular complexity index is 1620. The van der Waals surface area contributed by atoms with Crippen LogP contribution in [0.2, 0.25) is 0 Å². The van der Waals surface area contributed by atoms with Gasteiger partial charge in [0.15, 0.2) is 29.0 Å². The summed E-state index contributed by atoms with van der Waals surface area (Å²) in [6.45, 7) is 7.80. The Labute approximate surface area is 248 Å². The summed E-state index contributed by atoms with van der Waals surface area (Å²) in [5, 5.41) is 15.6. The third-order valence-electron chi connectivity index (χ3n) is 6.48. The molecule has 3 heterocycles. The van der Waals surface area contributed by atoms with Crippen molar-refractivity contribution in [1.82, 2.24) is 25.5 Å². The molecule has 13 heteroatoms. The van der Waals surface area contributed by atoms with Crippen LogP contribution in [0.15, 0.2) is 52.9 Å². The largest absolute Gasteiger partial charge is 0.493 e. The summed E-state index contributed by atoms with van der Waals surface area (Å²) < 4.78 is 28.1. The molecule has 0 bridgehead atoms. The summed E-state index contributed by atoms with van der Waals surface area (Å²) in [6, 6.07) is 12.6. The molecule has 5 rings (SSSR count). The second-order valence-electron chi connectivity index (χ2n) is 10.9. The zero-order valence-electron chi connectivity index (χ0n) is 24.9. The Morgan fingerprint density at radius 1 is 1.00 bits per heavy atom. The molecule has 43 heavy (non-hydrogen) atoms. The average Bonchev–Trinajstić information content (AvgIpc) is 3.62. The number of nitrogens with one attached hydrogen (secondary N) is 1. The number of amides is 2. The van der Waals surface area contributed by atoms with Crippen LogP contribution in [0.4, 0.5) is 5.69 Å². The molecule has 0 saturated carbocycles. The Kier molecular flexibility index (Phi) is 8.24. The number of aromatic nitrogens is 4. The van der Waals surface area contributed by atoms with Gasteiger partial charge < -0.3 is 28.7 Å². The fourth-order valence-corrected chi connectivity index (χ4v) is 4.63. The van der Waals surface area contributed by atoms with Crippen molar-refractivity contribution in [2.75, 3.05) is 32.3 Å². The minimum Gasteiger partial charge on any atom is -0.493 e. The molecule has 0 unspecified atom stereocenters. The van der Waals surface area contributed by atoms with Crippen molar-refractivity contribution in [2.45, 2.75) is 45.8 Å². The number of ether oxygens (including phenoxy) is 4. The Morgan fingerprint density at radius 2 is 1.74 bits per heavy atom. The normalized spacial score (nSPS) is 13.3. The Hall–Kier alpha value is -5.07. The molecule has 2 aromatic heterocycles. The Morgan fingerprint density at radius 3 is 2.42 bits per heavy atom. The van der Waals surface area contributed by atoms with E-state index in [4.69, 9.17) is 23.4 Å². The number of hydrogen-bond donors (Lipinski definition) is 1. The van der Waals surface area contributed by atoms with E-state index in [-0.39, 0.29) is 12.4 Å². The van der Waals surface area contributed by atoms with E-state index in [1.807, 2.05) is 20.8 Å². The molecule has 13 nitrogen and oxygen atoms in total. The van der Waals surface area contributed by atoms with Gasteiger partial charge in [-0.25, -0.2) is 0 Å². The maximum Gasteiger partial charge on any atom is 0.251 e. The number of methoxy groups -OCH3 is 2. The summed E-state index contributed by atoms with van der Waals surface area (Å²) in [4.78, 5) is 30.5. The van der Waals surface area contributed by atoms with E-state index in [9.17, 15) is 9.59 Å². The molecule has 0 aliphatic carbocycles. The van der Waals surface area contributed by atoms with E-state index in [2.05, 4.69) is 20.7 Å². The highest BCUT2D eigenvalue weighted by molar-refractivity contribution is 6.01. The van der Waals surface area contributed by atoms with Gasteiger partial charge in [0.25, 0.3) is 11.8 Å². The zero-order valence-corrected chi connectivity index (χ0v) is 24.9. The predicted octanol–water partition coefficient (Wildman–Crippen LogP) is 3.72. The summed E-state index contributed by atoms with van der Waals surface area (Å²) in [5.74, 6) is 2.30. The number of furan rings is 1. The van der Waals surface area contributed by atoms with Gasteiger partial charge in [0.05, 0.1) is 14.2 Å². The van der Waals surface area contributed by atoms with Gasteiger partial charge >= 0.3 is 0 Å². The standard InChI is InChI=1S/C30H34N6O7/c1-18-7-10-23(43-18)27(29(38)31-30(2,3)4)36(20-9-12-22-25(16-20)42-14-13-41-22)26(37)17-35-33-28(32-34-35)19-8-11-21(39-5)24(15-19)40-6/h7-12,15-16,27H,13-14,17H2,1-6H3,(H,31,38)/t27-/m0/s1. The lowest BCUT2D eigenvalue weighted by Gasteiger charge is -2.33. The van der Waals surface area contributed by atoms with Crippen molar-refractivity contribution < 1.29 is 33.0 Å². The maximum atomic E-state index is 14.2. The predicted molar refractivity (Wildman–Crippen MR) is 155 cm³/mol. The molecule has 0 saturated heterocycles. The van der Waals surface area contributed by atoms with E-state index in [1.54, 1.807) is 62.6 Å². The number of carbonyl (C=O) groups excluding carboxylic acids is 2. The summed E-state index contributed by atoms with van der Waals surface area (Å²) in [5.41, 5.74) is 0.436. The molecule has 1 N–H and O–H groups in total. The van der Waals surface area contributed by atoms with Crippen LogP contribution in [-0.4, -0.2) is 65.0 Å². The number of aryl methyl sites for hydroxylation is 1. The van der Waals surface area contributed by atoms with Gasteiger partial charge in [-0.1, -0.05) is 0 Å². The summed E-state index contributed by atoms with van der Waals surface area (Å²) in [6.07, 6.45) is 0. The van der Waals surface area contributed by atoms with Gasteiger partial charge in [-0.2, -0.15) is 4.80 Å².